The number of aromatic nitrogens is 2. The number of hydrogen-bond donors (Lipinski definition) is 0. The molecule has 0 spiro atoms. The lowest BCUT2D eigenvalue weighted by Gasteiger charge is -2.11. The maximum atomic E-state index is 12.7. The first-order valence-electron chi connectivity index (χ1n) is 7.57. The number of fused-ring (bicyclic) bond motifs is 1. The normalized spacial score (nSPS) is 10.7. The Bertz CT molecular complexity index is 1010. The van der Waals surface area contributed by atoms with E-state index in [9.17, 15) is 14.9 Å². The number of benzene rings is 2. The summed E-state index contributed by atoms with van der Waals surface area (Å²) in [4.78, 5) is 28.0. The van der Waals surface area contributed by atoms with Crippen LogP contribution in [0.1, 0.15) is 5.56 Å². The van der Waals surface area contributed by atoms with Crippen molar-refractivity contribution in [2.24, 2.45) is 0 Å². The SMILES string of the molecule is C=CCn1c(SCc2ccccc2[N+](=O)[O-])nc2ccccc2c1=O. The van der Waals surface area contributed by atoms with E-state index >= 15 is 0 Å². The molecule has 7 heteroatoms. The molecule has 25 heavy (non-hydrogen) atoms. The second-order valence-corrected chi connectivity index (χ2v) is 6.23. The van der Waals surface area contributed by atoms with Crippen LogP contribution in [0.4, 0.5) is 5.69 Å². The van der Waals surface area contributed by atoms with Crippen LogP contribution in [-0.2, 0) is 12.3 Å². The van der Waals surface area contributed by atoms with Gasteiger partial charge >= 0.3 is 0 Å². The standard InChI is InChI=1S/C18H15N3O3S/c1-2-11-20-17(22)14-8-4-5-9-15(14)19-18(20)25-12-13-7-3-6-10-16(13)21(23)24/h2-10H,1,11-12H2. The van der Waals surface area contributed by atoms with Crippen molar-refractivity contribution in [2.75, 3.05) is 0 Å². The Balaban J connectivity index is 2.01. The van der Waals surface area contributed by atoms with Crippen LogP contribution in [0.25, 0.3) is 10.9 Å². The smallest absolute Gasteiger partial charge is 0.273 e. The molecule has 6 nitrogen and oxygen atoms in total. The minimum absolute atomic E-state index is 0.0633. The van der Waals surface area contributed by atoms with Crippen LogP contribution in [0.15, 0.2) is 71.1 Å². The molecule has 0 amide bonds. The second kappa shape index (κ2) is 7.31. The van der Waals surface area contributed by atoms with E-state index in [0.29, 0.717) is 33.9 Å². The molecule has 0 saturated carbocycles. The Labute approximate surface area is 148 Å². The van der Waals surface area contributed by atoms with Crippen LogP contribution >= 0.6 is 11.8 Å². The van der Waals surface area contributed by atoms with Crippen molar-refractivity contribution < 1.29 is 4.92 Å². The number of nitrogens with zero attached hydrogens (tertiary/aromatic N) is 3. The third kappa shape index (κ3) is 3.46. The number of nitro benzene ring substituents is 1. The zero-order valence-corrected chi connectivity index (χ0v) is 14.1. The number of hydrogen-bond acceptors (Lipinski definition) is 5. The van der Waals surface area contributed by atoms with Crippen LogP contribution in [0, 0.1) is 10.1 Å². The van der Waals surface area contributed by atoms with E-state index in [0.717, 1.165) is 0 Å². The zero-order valence-electron chi connectivity index (χ0n) is 13.3. The van der Waals surface area contributed by atoms with Gasteiger partial charge in [0, 0.05) is 23.9 Å². The maximum absolute atomic E-state index is 12.7. The van der Waals surface area contributed by atoms with Gasteiger partial charge in [-0.2, -0.15) is 0 Å². The third-order valence-electron chi connectivity index (χ3n) is 3.68. The van der Waals surface area contributed by atoms with Gasteiger partial charge in [0.1, 0.15) is 0 Å². The zero-order chi connectivity index (χ0) is 17.8. The molecule has 126 valence electrons. The predicted molar refractivity (Wildman–Crippen MR) is 98.9 cm³/mol. The maximum Gasteiger partial charge on any atom is 0.273 e. The van der Waals surface area contributed by atoms with Gasteiger partial charge < -0.3 is 0 Å². The quantitative estimate of drug-likeness (QED) is 0.221. The molecule has 1 heterocycles. The van der Waals surface area contributed by atoms with Gasteiger partial charge in [-0.1, -0.05) is 48.2 Å². The predicted octanol–water partition coefficient (Wildman–Crippen LogP) is 3.78. The van der Waals surface area contributed by atoms with Crippen LogP contribution in [0.2, 0.25) is 0 Å². The number of thioether (sulfide) groups is 1. The van der Waals surface area contributed by atoms with Crippen LogP contribution in [-0.4, -0.2) is 14.5 Å². The first-order valence-corrected chi connectivity index (χ1v) is 8.56. The number of rotatable bonds is 6. The Kier molecular flexibility index (Phi) is 4.95. The molecule has 0 radical (unpaired) electrons. The van der Waals surface area contributed by atoms with Gasteiger partial charge in [-0.3, -0.25) is 19.5 Å². The van der Waals surface area contributed by atoms with E-state index in [1.54, 1.807) is 42.5 Å². The van der Waals surface area contributed by atoms with Gasteiger partial charge in [-0.05, 0) is 12.1 Å². The summed E-state index contributed by atoms with van der Waals surface area (Å²) < 4.78 is 1.54. The number of allylic oxidation sites excluding steroid dienone is 1. The molecular weight excluding hydrogens is 338 g/mol. The second-order valence-electron chi connectivity index (χ2n) is 5.29. The van der Waals surface area contributed by atoms with Crippen LogP contribution < -0.4 is 5.56 Å². The highest BCUT2D eigenvalue weighted by atomic mass is 32.2. The van der Waals surface area contributed by atoms with Crippen molar-refractivity contribution in [3.05, 3.63) is 87.2 Å². The summed E-state index contributed by atoms with van der Waals surface area (Å²) in [5.74, 6) is 0.346. The van der Waals surface area contributed by atoms with Crippen molar-refractivity contribution in [3.63, 3.8) is 0 Å². The van der Waals surface area contributed by atoms with E-state index in [1.165, 1.54) is 22.4 Å². The molecule has 0 fully saturated rings. The van der Waals surface area contributed by atoms with Crippen LogP contribution in [0.5, 0.6) is 0 Å². The number of para-hydroxylation sites is 2. The van der Waals surface area contributed by atoms with Crippen molar-refractivity contribution in [1.29, 1.82) is 0 Å². The molecule has 0 unspecified atom stereocenters. The molecule has 0 aliphatic heterocycles. The lowest BCUT2D eigenvalue weighted by Crippen LogP contribution is -2.22. The largest absolute Gasteiger partial charge is 0.283 e. The molecule has 0 aliphatic carbocycles. The molecule has 0 atom stereocenters. The van der Waals surface area contributed by atoms with E-state index in [4.69, 9.17) is 0 Å². The van der Waals surface area contributed by atoms with Gasteiger partial charge in [-0.25, -0.2) is 4.98 Å². The van der Waals surface area contributed by atoms with Crippen molar-refractivity contribution in [2.45, 2.75) is 17.5 Å². The summed E-state index contributed by atoms with van der Waals surface area (Å²) in [5.41, 5.74) is 1.12. The molecule has 0 saturated heterocycles. The Hall–Kier alpha value is -2.93. The molecule has 1 aromatic heterocycles. The molecular formula is C18H15N3O3S. The molecule has 0 aliphatic rings. The fourth-order valence-electron chi connectivity index (χ4n) is 2.50. The summed E-state index contributed by atoms with van der Waals surface area (Å²) in [6.07, 6.45) is 1.63. The minimum Gasteiger partial charge on any atom is -0.283 e. The lowest BCUT2D eigenvalue weighted by molar-refractivity contribution is -0.385. The van der Waals surface area contributed by atoms with Crippen molar-refractivity contribution in [1.82, 2.24) is 9.55 Å². The molecule has 3 rings (SSSR count). The van der Waals surface area contributed by atoms with Crippen LogP contribution in [0.3, 0.4) is 0 Å². The van der Waals surface area contributed by atoms with Gasteiger partial charge in [0.25, 0.3) is 11.2 Å². The van der Waals surface area contributed by atoms with E-state index in [2.05, 4.69) is 11.6 Å². The Morgan fingerprint density at radius 1 is 1.20 bits per heavy atom. The summed E-state index contributed by atoms with van der Waals surface area (Å²) in [7, 11) is 0. The molecule has 2 aromatic carbocycles. The average molecular weight is 353 g/mol. The molecule has 0 N–H and O–H groups in total. The Morgan fingerprint density at radius 3 is 2.68 bits per heavy atom. The summed E-state index contributed by atoms with van der Waals surface area (Å²) in [6.45, 7) is 4.02. The lowest BCUT2D eigenvalue weighted by atomic mass is 10.2. The average Bonchev–Trinajstić information content (AvgIpc) is 2.63. The van der Waals surface area contributed by atoms with Gasteiger partial charge in [0.2, 0.25) is 0 Å². The summed E-state index contributed by atoms with van der Waals surface area (Å²) in [6, 6.07) is 13.7. The van der Waals surface area contributed by atoms with Crippen molar-refractivity contribution in [3.8, 4) is 0 Å². The first kappa shape index (κ1) is 16.9. The summed E-state index contributed by atoms with van der Waals surface area (Å²) >= 11 is 1.30. The number of nitro groups is 1. The first-order chi connectivity index (χ1) is 12.1. The molecule has 0 bridgehead atoms. The van der Waals surface area contributed by atoms with E-state index < -0.39 is 4.92 Å². The fraction of sp³-hybridized carbons (Fsp3) is 0.111. The Morgan fingerprint density at radius 2 is 1.92 bits per heavy atom. The summed E-state index contributed by atoms with van der Waals surface area (Å²) in [5, 5.41) is 12.2. The fourth-order valence-corrected chi connectivity index (χ4v) is 3.51. The van der Waals surface area contributed by atoms with Gasteiger partial charge in [-0.15, -0.1) is 6.58 Å². The topological polar surface area (TPSA) is 78.0 Å². The highest BCUT2D eigenvalue weighted by Gasteiger charge is 2.15. The van der Waals surface area contributed by atoms with E-state index in [-0.39, 0.29) is 11.2 Å². The third-order valence-corrected chi connectivity index (χ3v) is 4.71. The molecule has 3 aromatic rings. The van der Waals surface area contributed by atoms with Gasteiger partial charge in [0.15, 0.2) is 5.16 Å². The van der Waals surface area contributed by atoms with Crippen molar-refractivity contribution >= 4 is 28.4 Å². The highest BCUT2D eigenvalue weighted by molar-refractivity contribution is 7.98. The minimum atomic E-state index is -0.402. The monoisotopic (exact) mass is 353 g/mol. The highest BCUT2D eigenvalue weighted by Crippen LogP contribution is 2.27. The van der Waals surface area contributed by atoms with E-state index in [1.807, 2.05) is 6.07 Å². The van der Waals surface area contributed by atoms with Gasteiger partial charge in [0.05, 0.1) is 15.8 Å².